The summed E-state index contributed by atoms with van der Waals surface area (Å²) in [5, 5.41) is 2.91. The summed E-state index contributed by atoms with van der Waals surface area (Å²) in [6, 6.07) is 3.44. The summed E-state index contributed by atoms with van der Waals surface area (Å²) in [5.74, 6) is 1.39. The van der Waals surface area contributed by atoms with Crippen molar-refractivity contribution in [2.75, 3.05) is 6.61 Å². The van der Waals surface area contributed by atoms with E-state index in [1.165, 1.54) is 12.8 Å². The number of carbonyl (C=O) groups excluding carboxylic acids is 2. The topological polar surface area (TPSA) is 94.3 Å². The Hall–Kier alpha value is -2.11. The van der Waals surface area contributed by atoms with Crippen molar-refractivity contribution in [3.05, 3.63) is 23.4 Å². The summed E-state index contributed by atoms with van der Waals surface area (Å²) in [6.45, 7) is 4.77. The number of nitrogens with zero attached hydrogens (tertiary/aromatic N) is 1. The highest BCUT2D eigenvalue weighted by molar-refractivity contribution is 5.93. The van der Waals surface area contributed by atoms with Crippen LogP contribution in [-0.4, -0.2) is 29.4 Å². The van der Waals surface area contributed by atoms with E-state index in [9.17, 15) is 9.59 Å². The summed E-state index contributed by atoms with van der Waals surface area (Å²) in [6.07, 6.45) is 5.56. The summed E-state index contributed by atoms with van der Waals surface area (Å²) in [5.41, 5.74) is 6.76. The number of pyridine rings is 1. The lowest BCUT2D eigenvalue weighted by molar-refractivity contribution is -0.118. The maximum absolute atomic E-state index is 12.6. The third-order valence-electron chi connectivity index (χ3n) is 4.83. The van der Waals surface area contributed by atoms with E-state index in [0.717, 1.165) is 18.4 Å². The van der Waals surface area contributed by atoms with Crippen LogP contribution < -0.4 is 15.8 Å². The number of ether oxygens (including phenoxy) is 1. The first-order valence-corrected chi connectivity index (χ1v) is 9.65. The number of rotatable bonds is 10. The molecule has 1 atom stereocenters. The predicted octanol–water partition coefficient (Wildman–Crippen LogP) is 2.77. The number of nitrogens with one attached hydrogen (secondary N) is 1. The van der Waals surface area contributed by atoms with Crippen LogP contribution in [0.25, 0.3) is 0 Å². The van der Waals surface area contributed by atoms with E-state index in [1.807, 2.05) is 19.9 Å². The minimum atomic E-state index is -0.415. The van der Waals surface area contributed by atoms with Crippen LogP contribution in [0.5, 0.6) is 5.88 Å². The molecule has 6 heteroatoms. The molecule has 3 N–H and O–H groups in total. The molecule has 0 bridgehead atoms. The molecule has 142 valence electrons. The Morgan fingerprint density at radius 1 is 1.27 bits per heavy atom. The highest BCUT2D eigenvalue weighted by Crippen LogP contribution is 2.44. The van der Waals surface area contributed by atoms with Crippen LogP contribution >= 0.6 is 0 Å². The Balaban J connectivity index is 1.70. The number of carbonyl (C=O) groups is 2. The fourth-order valence-electron chi connectivity index (χ4n) is 3.14. The zero-order valence-electron chi connectivity index (χ0n) is 15.7. The van der Waals surface area contributed by atoms with Gasteiger partial charge in [0.1, 0.15) is 5.69 Å². The molecule has 2 amide bonds. The van der Waals surface area contributed by atoms with E-state index in [1.54, 1.807) is 6.07 Å². The monoisotopic (exact) mass is 359 g/mol. The second kappa shape index (κ2) is 8.06. The molecule has 0 aromatic carbocycles. The van der Waals surface area contributed by atoms with Gasteiger partial charge in [-0.15, -0.1) is 0 Å². The van der Waals surface area contributed by atoms with Crippen LogP contribution in [0.2, 0.25) is 0 Å². The van der Waals surface area contributed by atoms with Crippen LogP contribution in [-0.2, 0) is 4.79 Å². The van der Waals surface area contributed by atoms with Crippen molar-refractivity contribution in [2.45, 2.75) is 64.3 Å². The molecule has 26 heavy (non-hydrogen) atoms. The van der Waals surface area contributed by atoms with Crippen molar-refractivity contribution in [1.82, 2.24) is 10.3 Å². The molecule has 1 aromatic heterocycles. The number of aromatic nitrogens is 1. The van der Waals surface area contributed by atoms with Gasteiger partial charge in [0.05, 0.1) is 6.61 Å². The number of hydrogen-bond acceptors (Lipinski definition) is 4. The van der Waals surface area contributed by atoms with Crippen molar-refractivity contribution in [3.8, 4) is 5.88 Å². The van der Waals surface area contributed by atoms with Crippen molar-refractivity contribution >= 4 is 11.8 Å². The first kappa shape index (κ1) is 18.7. The molecule has 2 aliphatic carbocycles. The molecule has 0 spiro atoms. The highest BCUT2D eigenvalue weighted by atomic mass is 16.5. The summed E-state index contributed by atoms with van der Waals surface area (Å²) < 4.78 is 5.92. The predicted molar refractivity (Wildman–Crippen MR) is 99.0 cm³/mol. The molecule has 6 nitrogen and oxygen atoms in total. The fourth-order valence-corrected chi connectivity index (χ4v) is 3.14. The standard InChI is InChI=1S/C20H29N3O3/c1-12(2)9-15(10-18(21)24)22-19(25)17-8-7-16(14-5-6-14)20(23-17)26-11-13-3-4-13/h7-8,12-15H,3-6,9-11H2,1-2H3,(H2,21,24)(H,22,25). The smallest absolute Gasteiger partial charge is 0.270 e. The van der Waals surface area contributed by atoms with E-state index in [-0.39, 0.29) is 18.4 Å². The Morgan fingerprint density at radius 2 is 2.00 bits per heavy atom. The van der Waals surface area contributed by atoms with Gasteiger partial charge in [-0.2, -0.15) is 0 Å². The Bertz CT molecular complexity index is 666. The second-order valence-corrected chi connectivity index (χ2v) is 8.09. The fraction of sp³-hybridized carbons (Fsp3) is 0.650. The molecule has 0 radical (unpaired) electrons. The second-order valence-electron chi connectivity index (χ2n) is 8.09. The van der Waals surface area contributed by atoms with E-state index >= 15 is 0 Å². The molecule has 2 fully saturated rings. The van der Waals surface area contributed by atoms with Crippen LogP contribution in [0.4, 0.5) is 0 Å². The first-order valence-electron chi connectivity index (χ1n) is 9.65. The van der Waals surface area contributed by atoms with Gasteiger partial charge >= 0.3 is 0 Å². The Morgan fingerprint density at radius 3 is 2.58 bits per heavy atom. The van der Waals surface area contributed by atoms with E-state index in [4.69, 9.17) is 10.5 Å². The zero-order chi connectivity index (χ0) is 18.7. The minimum Gasteiger partial charge on any atom is -0.477 e. The van der Waals surface area contributed by atoms with Gasteiger partial charge in [0.25, 0.3) is 5.91 Å². The normalized spacial score (nSPS) is 17.8. The van der Waals surface area contributed by atoms with Crippen LogP contribution in [0.3, 0.4) is 0 Å². The Labute approximate surface area is 154 Å². The van der Waals surface area contributed by atoms with E-state index in [2.05, 4.69) is 10.3 Å². The quantitative estimate of drug-likeness (QED) is 0.671. The molecule has 1 aromatic rings. The number of nitrogens with two attached hydrogens (primary N) is 1. The SMILES string of the molecule is CC(C)CC(CC(N)=O)NC(=O)c1ccc(C2CC2)c(OCC2CC2)n1. The van der Waals surface area contributed by atoms with Crippen molar-refractivity contribution < 1.29 is 14.3 Å². The van der Waals surface area contributed by atoms with Crippen molar-refractivity contribution in [1.29, 1.82) is 0 Å². The molecule has 0 aliphatic heterocycles. The zero-order valence-corrected chi connectivity index (χ0v) is 15.7. The lowest BCUT2D eigenvalue weighted by Crippen LogP contribution is -2.39. The average molecular weight is 359 g/mol. The summed E-state index contributed by atoms with van der Waals surface area (Å²) >= 11 is 0. The lowest BCUT2D eigenvalue weighted by atomic mass is 10.0. The van der Waals surface area contributed by atoms with Crippen molar-refractivity contribution in [2.24, 2.45) is 17.6 Å². The summed E-state index contributed by atoms with van der Waals surface area (Å²) in [7, 11) is 0. The number of amides is 2. The van der Waals surface area contributed by atoms with Gasteiger partial charge < -0.3 is 15.8 Å². The molecule has 2 saturated carbocycles. The lowest BCUT2D eigenvalue weighted by Gasteiger charge is -2.19. The molecule has 3 rings (SSSR count). The largest absolute Gasteiger partial charge is 0.477 e. The molecule has 1 heterocycles. The average Bonchev–Trinajstić information content (AvgIpc) is 3.45. The molecular weight excluding hydrogens is 330 g/mol. The number of hydrogen-bond donors (Lipinski definition) is 2. The maximum Gasteiger partial charge on any atom is 0.270 e. The molecular formula is C20H29N3O3. The van der Waals surface area contributed by atoms with E-state index in [0.29, 0.717) is 42.4 Å². The molecule has 1 unspecified atom stereocenters. The van der Waals surface area contributed by atoms with Gasteiger partial charge in [0, 0.05) is 18.0 Å². The third-order valence-corrected chi connectivity index (χ3v) is 4.83. The van der Waals surface area contributed by atoms with Crippen LogP contribution in [0, 0.1) is 11.8 Å². The minimum absolute atomic E-state index is 0.134. The maximum atomic E-state index is 12.6. The van der Waals surface area contributed by atoms with Gasteiger partial charge in [-0.05, 0) is 55.9 Å². The van der Waals surface area contributed by atoms with Crippen molar-refractivity contribution in [3.63, 3.8) is 0 Å². The summed E-state index contributed by atoms with van der Waals surface area (Å²) in [4.78, 5) is 28.4. The third kappa shape index (κ3) is 5.44. The van der Waals surface area contributed by atoms with Gasteiger partial charge in [-0.1, -0.05) is 19.9 Å². The van der Waals surface area contributed by atoms with E-state index < -0.39 is 5.91 Å². The highest BCUT2D eigenvalue weighted by Gasteiger charge is 2.30. The van der Waals surface area contributed by atoms with Gasteiger partial charge in [-0.3, -0.25) is 9.59 Å². The first-order chi connectivity index (χ1) is 12.4. The van der Waals surface area contributed by atoms with Gasteiger partial charge in [0.2, 0.25) is 11.8 Å². The van der Waals surface area contributed by atoms with Gasteiger partial charge in [0.15, 0.2) is 0 Å². The van der Waals surface area contributed by atoms with Crippen LogP contribution in [0.1, 0.15) is 74.3 Å². The van der Waals surface area contributed by atoms with Crippen LogP contribution in [0.15, 0.2) is 12.1 Å². The Kier molecular flexibility index (Phi) is 5.79. The van der Waals surface area contributed by atoms with Gasteiger partial charge in [-0.25, -0.2) is 4.98 Å². The molecule has 2 aliphatic rings. The molecule has 0 saturated heterocycles. The number of primary amides is 1.